The SMILES string of the molecule is O=C([C@H]1CN(Cc2cccs2)CC12CCOCC2)N1CCCC1. The van der Waals surface area contributed by atoms with Crippen molar-refractivity contribution >= 4 is 17.2 Å². The van der Waals surface area contributed by atoms with Gasteiger partial charge in [0.25, 0.3) is 0 Å². The Morgan fingerprint density at radius 2 is 2.09 bits per heavy atom. The lowest BCUT2D eigenvalue weighted by Gasteiger charge is -2.38. The number of carbonyl (C=O) groups is 1. The van der Waals surface area contributed by atoms with E-state index >= 15 is 0 Å². The van der Waals surface area contributed by atoms with E-state index in [2.05, 4.69) is 27.3 Å². The summed E-state index contributed by atoms with van der Waals surface area (Å²) in [5.74, 6) is 0.586. The molecule has 3 aliphatic rings. The van der Waals surface area contributed by atoms with Crippen LogP contribution in [0.5, 0.6) is 0 Å². The van der Waals surface area contributed by atoms with E-state index in [0.29, 0.717) is 5.91 Å². The first kappa shape index (κ1) is 15.6. The monoisotopic (exact) mass is 334 g/mol. The van der Waals surface area contributed by atoms with Crippen LogP contribution in [0.4, 0.5) is 0 Å². The number of nitrogens with zero attached hydrogens (tertiary/aromatic N) is 2. The summed E-state index contributed by atoms with van der Waals surface area (Å²) in [7, 11) is 0. The van der Waals surface area contributed by atoms with Crippen LogP contribution in [0.25, 0.3) is 0 Å². The number of rotatable bonds is 3. The molecule has 1 aromatic heterocycles. The summed E-state index contributed by atoms with van der Waals surface area (Å²) in [6.45, 7) is 6.53. The first-order valence-electron chi connectivity index (χ1n) is 8.88. The number of hydrogen-bond acceptors (Lipinski definition) is 4. The van der Waals surface area contributed by atoms with Gasteiger partial charge in [0.1, 0.15) is 0 Å². The number of thiophene rings is 1. The van der Waals surface area contributed by atoms with E-state index < -0.39 is 0 Å². The normalized spacial score (nSPS) is 27.8. The third kappa shape index (κ3) is 3.06. The highest BCUT2D eigenvalue weighted by Gasteiger charge is 2.51. The van der Waals surface area contributed by atoms with E-state index in [1.54, 1.807) is 0 Å². The molecule has 1 amide bonds. The molecule has 1 spiro atoms. The second-order valence-corrected chi connectivity index (χ2v) is 8.34. The van der Waals surface area contributed by atoms with Gasteiger partial charge in [-0.05, 0) is 37.1 Å². The Labute approximate surface area is 142 Å². The lowest BCUT2D eigenvalue weighted by Crippen LogP contribution is -2.45. The van der Waals surface area contributed by atoms with Crippen molar-refractivity contribution in [2.45, 2.75) is 32.2 Å². The number of carbonyl (C=O) groups excluding carboxylic acids is 1. The molecule has 3 aliphatic heterocycles. The third-order valence-electron chi connectivity index (χ3n) is 5.88. The predicted octanol–water partition coefficient (Wildman–Crippen LogP) is 2.60. The molecule has 4 rings (SSSR count). The van der Waals surface area contributed by atoms with Gasteiger partial charge < -0.3 is 9.64 Å². The smallest absolute Gasteiger partial charge is 0.227 e. The van der Waals surface area contributed by atoms with Crippen LogP contribution in [0.1, 0.15) is 30.6 Å². The summed E-state index contributed by atoms with van der Waals surface area (Å²) >= 11 is 1.82. The van der Waals surface area contributed by atoms with Crippen molar-refractivity contribution in [3.63, 3.8) is 0 Å². The molecule has 5 heteroatoms. The highest BCUT2D eigenvalue weighted by molar-refractivity contribution is 7.09. The molecule has 4 heterocycles. The van der Waals surface area contributed by atoms with E-state index in [9.17, 15) is 4.79 Å². The molecule has 1 aromatic rings. The first-order chi connectivity index (χ1) is 11.3. The molecule has 4 nitrogen and oxygen atoms in total. The Hall–Kier alpha value is -0.910. The molecule has 0 bridgehead atoms. The van der Waals surface area contributed by atoms with Crippen LogP contribution in [-0.2, 0) is 16.1 Å². The van der Waals surface area contributed by atoms with Gasteiger partial charge in [-0.15, -0.1) is 11.3 Å². The standard InChI is InChI=1S/C18H26N2O2S/c21-17(20-7-1-2-8-20)16-13-19(12-15-4-3-11-23-15)14-18(16)5-9-22-10-6-18/h3-4,11,16H,1-2,5-10,12-14H2/t16-/m1/s1. The fourth-order valence-electron chi connectivity index (χ4n) is 4.60. The highest BCUT2D eigenvalue weighted by Crippen LogP contribution is 2.45. The predicted molar refractivity (Wildman–Crippen MR) is 91.4 cm³/mol. The van der Waals surface area contributed by atoms with Crippen LogP contribution < -0.4 is 0 Å². The van der Waals surface area contributed by atoms with Gasteiger partial charge >= 0.3 is 0 Å². The molecule has 0 aliphatic carbocycles. The molecule has 0 unspecified atom stereocenters. The summed E-state index contributed by atoms with van der Waals surface area (Å²) in [6, 6.07) is 4.32. The van der Waals surface area contributed by atoms with Gasteiger partial charge in [-0.25, -0.2) is 0 Å². The highest BCUT2D eigenvalue weighted by atomic mass is 32.1. The molecule has 126 valence electrons. The average Bonchev–Trinajstić information content (AvgIpc) is 3.30. The topological polar surface area (TPSA) is 32.8 Å². The average molecular weight is 334 g/mol. The van der Waals surface area contributed by atoms with Gasteiger partial charge in [0.2, 0.25) is 5.91 Å². The Balaban J connectivity index is 1.52. The van der Waals surface area contributed by atoms with Gasteiger partial charge in [0.05, 0.1) is 5.92 Å². The number of amides is 1. The molecule has 3 saturated heterocycles. The third-order valence-corrected chi connectivity index (χ3v) is 6.74. The minimum absolute atomic E-state index is 0.148. The molecular formula is C18H26N2O2S. The second kappa shape index (κ2) is 6.54. The summed E-state index contributed by atoms with van der Waals surface area (Å²) in [6.07, 6.45) is 4.43. The van der Waals surface area contributed by atoms with Gasteiger partial charge in [0, 0.05) is 56.2 Å². The maximum absolute atomic E-state index is 13.1. The Bertz CT molecular complexity index is 533. The number of ether oxygens (including phenoxy) is 1. The molecule has 0 saturated carbocycles. The molecule has 0 radical (unpaired) electrons. The van der Waals surface area contributed by atoms with Crippen LogP contribution >= 0.6 is 11.3 Å². The summed E-state index contributed by atoms with van der Waals surface area (Å²) in [4.78, 5) is 19.2. The molecule has 1 atom stereocenters. The van der Waals surface area contributed by atoms with Crippen molar-refractivity contribution in [3.8, 4) is 0 Å². The molecule has 0 N–H and O–H groups in total. The first-order valence-corrected chi connectivity index (χ1v) is 9.76. The van der Waals surface area contributed by atoms with E-state index in [-0.39, 0.29) is 11.3 Å². The van der Waals surface area contributed by atoms with E-state index in [1.807, 2.05) is 11.3 Å². The Morgan fingerprint density at radius 3 is 2.78 bits per heavy atom. The summed E-state index contributed by atoms with van der Waals surface area (Å²) < 4.78 is 5.61. The van der Waals surface area contributed by atoms with Crippen LogP contribution in [0.15, 0.2) is 17.5 Å². The summed E-state index contributed by atoms with van der Waals surface area (Å²) in [5, 5.41) is 2.14. The van der Waals surface area contributed by atoms with E-state index in [1.165, 1.54) is 17.7 Å². The molecule has 3 fully saturated rings. The number of likely N-dealkylation sites (tertiary alicyclic amines) is 2. The second-order valence-electron chi connectivity index (χ2n) is 7.31. The molecular weight excluding hydrogens is 308 g/mol. The lowest BCUT2D eigenvalue weighted by molar-refractivity contribution is -0.139. The van der Waals surface area contributed by atoms with Crippen LogP contribution in [-0.4, -0.2) is 55.1 Å². The van der Waals surface area contributed by atoms with E-state index in [0.717, 1.165) is 58.8 Å². The Morgan fingerprint density at radius 1 is 1.30 bits per heavy atom. The lowest BCUT2D eigenvalue weighted by atomic mass is 9.71. The Kier molecular flexibility index (Phi) is 4.43. The van der Waals surface area contributed by atoms with Crippen molar-refractivity contribution in [1.82, 2.24) is 9.80 Å². The van der Waals surface area contributed by atoms with Gasteiger partial charge in [-0.3, -0.25) is 9.69 Å². The van der Waals surface area contributed by atoms with Crippen molar-refractivity contribution in [2.24, 2.45) is 11.3 Å². The zero-order valence-corrected chi connectivity index (χ0v) is 14.5. The fourth-order valence-corrected chi connectivity index (χ4v) is 5.34. The molecule has 0 aromatic carbocycles. The van der Waals surface area contributed by atoms with Crippen LogP contribution in [0, 0.1) is 11.3 Å². The zero-order valence-electron chi connectivity index (χ0n) is 13.7. The van der Waals surface area contributed by atoms with Crippen molar-refractivity contribution in [1.29, 1.82) is 0 Å². The van der Waals surface area contributed by atoms with Crippen molar-refractivity contribution in [3.05, 3.63) is 22.4 Å². The van der Waals surface area contributed by atoms with Crippen LogP contribution in [0.2, 0.25) is 0 Å². The van der Waals surface area contributed by atoms with Crippen LogP contribution in [0.3, 0.4) is 0 Å². The quantitative estimate of drug-likeness (QED) is 0.852. The van der Waals surface area contributed by atoms with Gasteiger partial charge in [-0.2, -0.15) is 0 Å². The van der Waals surface area contributed by atoms with Crippen molar-refractivity contribution < 1.29 is 9.53 Å². The minimum atomic E-state index is 0.148. The molecule has 23 heavy (non-hydrogen) atoms. The minimum Gasteiger partial charge on any atom is -0.381 e. The maximum Gasteiger partial charge on any atom is 0.227 e. The summed E-state index contributed by atoms with van der Waals surface area (Å²) in [5.41, 5.74) is 0.148. The number of hydrogen-bond donors (Lipinski definition) is 0. The van der Waals surface area contributed by atoms with Gasteiger partial charge in [0.15, 0.2) is 0 Å². The van der Waals surface area contributed by atoms with Gasteiger partial charge in [-0.1, -0.05) is 6.07 Å². The zero-order chi connectivity index (χ0) is 15.7. The van der Waals surface area contributed by atoms with E-state index in [4.69, 9.17) is 4.74 Å². The fraction of sp³-hybridized carbons (Fsp3) is 0.722. The maximum atomic E-state index is 13.1. The largest absolute Gasteiger partial charge is 0.381 e. The van der Waals surface area contributed by atoms with Crippen molar-refractivity contribution in [2.75, 3.05) is 39.4 Å².